The van der Waals surface area contributed by atoms with E-state index in [2.05, 4.69) is 5.32 Å². The van der Waals surface area contributed by atoms with E-state index in [0.717, 1.165) is 10.5 Å². The highest BCUT2D eigenvalue weighted by molar-refractivity contribution is 6.32. The number of ether oxygens (including phenoxy) is 1. The van der Waals surface area contributed by atoms with Crippen molar-refractivity contribution >= 4 is 35.6 Å². The fourth-order valence-corrected chi connectivity index (χ4v) is 2.85. The molecule has 1 atom stereocenters. The first-order valence-corrected chi connectivity index (χ1v) is 8.67. The molecule has 3 rings (SSSR count). The van der Waals surface area contributed by atoms with Gasteiger partial charge in [0.25, 0.3) is 5.91 Å². The number of benzene rings is 2. The summed E-state index contributed by atoms with van der Waals surface area (Å²) >= 11 is 6.08. The van der Waals surface area contributed by atoms with Crippen LogP contribution in [-0.2, 0) is 14.3 Å². The van der Waals surface area contributed by atoms with Gasteiger partial charge in [0, 0.05) is 11.1 Å². The standard InChI is InChI=1S/C20H17ClN2O4/c21-16-9-5-4-6-14(16)10-11-18(24)22-17(15-7-2-1-3-8-15)12-23-19(25)13-27-20(23)26/h1-11,17H,12-13H2,(H,22,24)/b11-10+/t17-/m1/s1. The van der Waals surface area contributed by atoms with E-state index in [4.69, 9.17) is 16.3 Å². The third kappa shape index (κ3) is 4.74. The van der Waals surface area contributed by atoms with Gasteiger partial charge in [-0.25, -0.2) is 9.69 Å². The number of nitrogens with one attached hydrogen (secondary N) is 1. The van der Waals surface area contributed by atoms with Gasteiger partial charge in [0.2, 0.25) is 5.91 Å². The van der Waals surface area contributed by atoms with Gasteiger partial charge in [-0.1, -0.05) is 60.1 Å². The summed E-state index contributed by atoms with van der Waals surface area (Å²) in [6, 6.07) is 15.7. The Morgan fingerprint density at radius 2 is 1.85 bits per heavy atom. The number of cyclic esters (lactones) is 1. The summed E-state index contributed by atoms with van der Waals surface area (Å²) in [4.78, 5) is 36.9. The summed E-state index contributed by atoms with van der Waals surface area (Å²) in [6.45, 7) is -0.284. The number of rotatable bonds is 6. The largest absolute Gasteiger partial charge is 0.439 e. The number of nitrogens with zero attached hydrogens (tertiary/aromatic N) is 1. The van der Waals surface area contributed by atoms with Gasteiger partial charge in [-0.3, -0.25) is 9.59 Å². The van der Waals surface area contributed by atoms with Gasteiger partial charge in [-0.05, 0) is 23.3 Å². The number of imide groups is 1. The lowest BCUT2D eigenvalue weighted by molar-refractivity contribution is -0.126. The smallest absolute Gasteiger partial charge is 0.417 e. The summed E-state index contributed by atoms with van der Waals surface area (Å²) in [5.74, 6) is -0.800. The minimum Gasteiger partial charge on any atom is -0.439 e. The molecule has 2 aromatic rings. The van der Waals surface area contributed by atoms with E-state index in [1.165, 1.54) is 6.08 Å². The number of hydrogen-bond acceptors (Lipinski definition) is 4. The lowest BCUT2D eigenvalue weighted by atomic mass is 10.1. The van der Waals surface area contributed by atoms with Crippen molar-refractivity contribution in [2.45, 2.75) is 6.04 Å². The lowest BCUT2D eigenvalue weighted by Gasteiger charge is -2.22. The van der Waals surface area contributed by atoms with Crippen molar-refractivity contribution in [3.63, 3.8) is 0 Å². The number of carbonyl (C=O) groups excluding carboxylic acids is 3. The molecule has 0 spiro atoms. The normalized spacial score (nSPS) is 15.1. The molecule has 27 heavy (non-hydrogen) atoms. The zero-order chi connectivity index (χ0) is 19.2. The maximum Gasteiger partial charge on any atom is 0.417 e. The number of hydrogen-bond donors (Lipinski definition) is 1. The van der Waals surface area contributed by atoms with Crippen LogP contribution in [0.15, 0.2) is 60.7 Å². The van der Waals surface area contributed by atoms with E-state index < -0.39 is 18.0 Å². The van der Waals surface area contributed by atoms with Crippen molar-refractivity contribution in [3.05, 3.63) is 76.8 Å². The summed E-state index contributed by atoms with van der Waals surface area (Å²) < 4.78 is 4.73. The van der Waals surface area contributed by atoms with Crippen LogP contribution in [0.4, 0.5) is 4.79 Å². The van der Waals surface area contributed by atoms with E-state index >= 15 is 0 Å². The highest BCUT2D eigenvalue weighted by Gasteiger charge is 2.33. The molecule has 1 heterocycles. The average Bonchev–Trinajstić information content (AvgIpc) is 2.99. The van der Waals surface area contributed by atoms with Crippen molar-refractivity contribution < 1.29 is 19.1 Å². The van der Waals surface area contributed by atoms with Gasteiger partial charge in [-0.15, -0.1) is 0 Å². The van der Waals surface area contributed by atoms with Crippen LogP contribution in [0, 0.1) is 0 Å². The van der Waals surface area contributed by atoms with Gasteiger partial charge >= 0.3 is 6.09 Å². The van der Waals surface area contributed by atoms with Gasteiger partial charge < -0.3 is 10.1 Å². The molecule has 0 aliphatic carbocycles. The summed E-state index contributed by atoms with van der Waals surface area (Å²) in [5.41, 5.74) is 1.48. The van der Waals surface area contributed by atoms with Crippen molar-refractivity contribution in [2.24, 2.45) is 0 Å². The van der Waals surface area contributed by atoms with E-state index in [1.807, 2.05) is 36.4 Å². The van der Waals surface area contributed by atoms with Crippen molar-refractivity contribution in [3.8, 4) is 0 Å². The maximum atomic E-state index is 12.4. The third-order valence-corrected chi connectivity index (χ3v) is 4.39. The predicted molar refractivity (Wildman–Crippen MR) is 101 cm³/mol. The Kier molecular flexibility index (Phi) is 5.88. The molecule has 0 aromatic heterocycles. The Morgan fingerprint density at radius 1 is 1.15 bits per heavy atom. The van der Waals surface area contributed by atoms with Crippen LogP contribution in [0.2, 0.25) is 5.02 Å². The second-order valence-corrected chi connectivity index (χ2v) is 6.29. The third-order valence-electron chi connectivity index (χ3n) is 4.04. The molecular formula is C20H17ClN2O4. The van der Waals surface area contributed by atoms with E-state index in [1.54, 1.807) is 24.3 Å². The molecule has 138 valence electrons. The van der Waals surface area contributed by atoms with Crippen LogP contribution in [0.1, 0.15) is 17.2 Å². The first-order chi connectivity index (χ1) is 13.0. The molecule has 1 aliphatic rings. The second-order valence-electron chi connectivity index (χ2n) is 5.89. The fourth-order valence-electron chi connectivity index (χ4n) is 2.66. The van der Waals surface area contributed by atoms with E-state index in [0.29, 0.717) is 10.6 Å². The van der Waals surface area contributed by atoms with Gasteiger partial charge in [0.15, 0.2) is 6.61 Å². The molecule has 6 nitrogen and oxygen atoms in total. The monoisotopic (exact) mass is 384 g/mol. The summed E-state index contributed by atoms with van der Waals surface area (Å²) in [5, 5.41) is 3.35. The van der Waals surface area contributed by atoms with Crippen LogP contribution < -0.4 is 5.32 Å². The zero-order valence-corrected chi connectivity index (χ0v) is 15.1. The minimum absolute atomic E-state index is 0.00659. The number of amides is 3. The molecule has 0 saturated carbocycles. The van der Waals surface area contributed by atoms with Crippen molar-refractivity contribution in [1.82, 2.24) is 10.2 Å². The lowest BCUT2D eigenvalue weighted by Crippen LogP contribution is -2.40. The number of halogens is 1. The molecule has 2 aromatic carbocycles. The van der Waals surface area contributed by atoms with Gasteiger partial charge in [-0.2, -0.15) is 0 Å². The molecule has 0 radical (unpaired) electrons. The Bertz CT molecular complexity index is 867. The topological polar surface area (TPSA) is 75.7 Å². The summed E-state index contributed by atoms with van der Waals surface area (Å²) in [7, 11) is 0. The van der Waals surface area contributed by atoms with Crippen LogP contribution in [-0.4, -0.2) is 36.0 Å². The molecule has 1 aliphatic heterocycles. The predicted octanol–water partition coefficient (Wildman–Crippen LogP) is 3.19. The molecule has 1 N–H and O–H groups in total. The Morgan fingerprint density at radius 3 is 2.52 bits per heavy atom. The van der Waals surface area contributed by atoms with Gasteiger partial charge in [0.05, 0.1) is 12.6 Å². The zero-order valence-electron chi connectivity index (χ0n) is 14.3. The number of carbonyl (C=O) groups is 3. The molecule has 7 heteroatoms. The average molecular weight is 385 g/mol. The van der Waals surface area contributed by atoms with E-state index in [-0.39, 0.29) is 19.1 Å². The first-order valence-electron chi connectivity index (χ1n) is 8.30. The molecule has 1 fully saturated rings. The molecule has 0 unspecified atom stereocenters. The second kappa shape index (κ2) is 8.51. The summed E-state index contributed by atoms with van der Waals surface area (Å²) in [6.07, 6.45) is 2.26. The Labute approximate surface area is 161 Å². The van der Waals surface area contributed by atoms with Crippen molar-refractivity contribution in [1.29, 1.82) is 0 Å². The molecular weight excluding hydrogens is 368 g/mol. The van der Waals surface area contributed by atoms with Gasteiger partial charge in [0.1, 0.15) is 0 Å². The fraction of sp³-hybridized carbons (Fsp3) is 0.150. The minimum atomic E-state index is -0.707. The van der Waals surface area contributed by atoms with Crippen LogP contribution in [0.25, 0.3) is 6.08 Å². The van der Waals surface area contributed by atoms with Crippen LogP contribution >= 0.6 is 11.6 Å². The maximum absolute atomic E-state index is 12.4. The Hall–Kier alpha value is -3.12. The Balaban J connectivity index is 1.75. The molecule has 3 amide bonds. The molecule has 1 saturated heterocycles. The molecule has 0 bridgehead atoms. The van der Waals surface area contributed by atoms with Crippen LogP contribution in [0.5, 0.6) is 0 Å². The highest BCUT2D eigenvalue weighted by atomic mass is 35.5. The first kappa shape index (κ1) is 18.7. The van der Waals surface area contributed by atoms with Crippen LogP contribution in [0.3, 0.4) is 0 Å². The quantitative estimate of drug-likeness (QED) is 0.776. The van der Waals surface area contributed by atoms with Crippen molar-refractivity contribution in [2.75, 3.05) is 13.2 Å². The highest BCUT2D eigenvalue weighted by Crippen LogP contribution is 2.18. The van der Waals surface area contributed by atoms with E-state index in [9.17, 15) is 14.4 Å². The SMILES string of the molecule is O=C(/C=C/c1ccccc1Cl)N[C@H](CN1C(=O)COC1=O)c1ccccc1.